The standard InChI is InChI=1S/C27H32F3N5O3/c1-18-12-20(14-21(13-18)27(28,29)30)15-32-26(38)34-11-9-24(36)35-22(8-5-10-31)25(37)33(17-23(34)35)16-19-6-3-2-4-7-19/h2-4,6-7,12-14,22-23H,5,8-11,15-17,31H2,1H3,(H,32,38)/t22-,23+/m0/s1. The van der Waals surface area contributed by atoms with Gasteiger partial charge in [0.2, 0.25) is 11.8 Å². The molecule has 0 aliphatic carbocycles. The molecule has 3 N–H and O–H groups in total. The number of nitrogens with one attached hydrogen (secondary N) is 1. The van der Waals surface area contributed by atoms with Gasteiger partial charge >= 0.3 is 12.2 Å². The highest BCUT2D eigenvalue weighted by Gasteiger charge is 2.48. The number of carbonyl (C=O) groups excluding carboxylic acids is 3. The van der Waals surface area contributed by atoms with Crippen molar-refractivity contribution in [3.63, 3.8) is 0 Å². The van der Waals surface area contributed by atoms with E-state index in [0.717, 1.165) is 17.7 Å². The van der Waals surface area contributed by atoms with Gasteiger partial charge in [-0.1, -0.05) is 42.0 Å². The number of amides is 4. The zero-order valence-electron chi connectivity index (χ0n) is 21.2. The van der Waals surface area contributed by atoms with Gasteiger partial charge in [-0.3, -0.25) is 9.59 Å². The Kier molecular flexibility index (Phi) is 8.25. The predicted molar refractivity (Wildman–Crippen MR) is 134 cm³/mol. The van der Waals surface area contributed by atoms with Crippen molar-refractivity contribution in [3.8, 4) is 0 Å². The average molecular weight is 532 g/mol. The molecule has 38 heavy (non-hydrogen) atoms. The van der Waals surface area contributed by atoms with E-state index in [1.54, 1.807) is 17.9 Å². The molecule has 2 aromatic carbocycles. The van der Waals surface area contributed by atoms with Crippen LogP contribution in [0.3, 0.4) is 0 Å². The molecule has 4 rings (SSSR count). The van der Waals surface area contributed by atoms with Gasteiger partial charge in [0.15, 0.2) is 0 Å². The summed E-state index contributed by atoms with van der Waals surface area (Å²) in [5, 5.41) is 2.71. The Morgan fingerprint density at radius 2 is 1.84 bits per heavy atom. The summed E-state index contributed by atoms with van der Waals surface area (Å²) in [6.07, 6.45) is -4.22. The van der Waals surface area contributed by atoms with Crippen molar-refractivity contribution in [3.05, 3.63) is 70.8 Å². The summed E-state index contributed by atoms with van der Waals surface area (Å²) in [7, 11) is 0. The topological polar surface area (TPSA) is 99.0 Å². The summed E-state index contributed by atoms with van der Waals surface area (Å²) >= 11 is 0. The molecule has 0 spiro atoms. The van der Waals surface area contributed by atoms with Crippen LogP contribution in [0.25, 0.3) is 0 Å². The van der Waals surface area contributed by atoms with E-state index in [1.165, 1.54) is 9.80 Å². The van der Waals surface area contributed by atoms with Gasteiger partial charge in [-0.25, -0.2) is 4.79 Å². The largest absolute Gasteiger partial charge is 0.416 e. The monoisotopic (exact) mass is 531 g/mol. The molecular formula is C27H32F3N5O3. The van der Waals surface area contributed by atoms with E-state index >= 15 is 0 Å². The van der Waals surface area contributed by atoms with Gasteiger partial charge in [0.25, 0.3) is 0 Å². The Morgan fingerprint density at radius 1 is 1.11 bits per heavy atom. The highest BCUT2D eigenvalue weighted by Crippen LogP contribution is 2.31. The number of nitrogens with zero attached hydrogens (tertiary/aromatic N) is 3. The number of hydrogen-bond donors (Lipinski definition) is 2. The minimum Gasteiger partial charge on any atom is -0.334 e. The van der Waals surface area contributed by atoms with E-state index in [2.05, 4.69) is 5.32 Å². The molecule has 0 bridgehead atoms. The quantitative estimate of drug-likeness (QED) is 0.573. The molecule has 4 amide bonds. The number of piperazine rings is 1. The predicted octanol–water partition coefficient (Wildman–Crippen LogP) is 3.23. The fourth-order valence-corrected chi connectivity index (χ4v) is 5.16. The summed E-state index contributed by atoms with van der Waals surface area (Å²) in [6.45, 7) is 2.42. The van der Waals surface area contributed by atoms with E-state index in [0.29, 0.717) is 37.1 Å². The van der Waals surface area contributed by atoms with Crippen LogP contribution in [0.2, 0.25) is 0 Å². The van der Waals surface area contributed by atoms with Gasteiger partial charge < -0.3 is 25.8 Å². The molecule has 204 valence electrons. The maximum atomic E-state index is 13.4. The van der Waals surface area contributed by atoms with Gasteiger partial charge in [-0.15, -0.1) is 0 Å². The summed E-state index contributed by atoms with van der Waals surface area (Å²) < 4.78 is 39.7. The normalized spacial score (nSPS) is 20.0. The van der Waals surface area contributed by atoms with Gasteiger partial charge in [0, 0.05) is 26.1 Å². The van der Waals surface area contributed by atoms with Crippen LogP contribution in [-0.2, 0) is 28.9 Å². The lowest BCUT2D eigenvalue weighted by molar-refractivity contribution is -0.167. The summed E-state index contributed by atoms with van der Waals surface area (Å²) in [5.74, 6) is -0.393. The second kappa shape index (κ2) is 11.4. The highest BCUT2D eigenvalue weighted by molar-refractivity contribution is 5.91. The van der Waals surface area contributed by atoms with Crippen LogP contribution in [0.5, 0.6) is 0 Å². The molecule has 2 aromatic rings. The first-order chi connectivity index (χ1) is 18.1. The number of carbonyl (C=O) groups is 3. The van der Waals surface area contributed by atoms with Crippen molar-refractivity contribution in [2.24, 2.45) is 5.73 Å². The van der Waals surface area contributed by atoms with Crippen molar-refractivity contribution in [2.75, 3.05) is 19.6 Å². The number of halogens is 3. The van der Waals surface area contributed by atoms with E-state index in [4.69, 9.17) is 5.73 Å². The molecule has 2 heterocycles. The minimum absolute atomic E-state index is 0.0533. The second-order valence-electron chi connectivity index (χ2n) is 9.74. The van der Waals surface area contributed by atoms with Gasteiger partial charge in [0.05, 0.1) is 12.1 Å². The fraction of sp³-hybridized carbons (Fsp3) is 0.444. The Balaban J connectivity index is 1.55. The number of fused-ring (bicyclic) bond motifs is 1. The van der Waals surface area contributed by atoms with Crippen LogP contribution in [-0.4, -0.2) is 64.4 Å². The third kappa shape index (κ3) is 6.09. The first-order valence-corrected chi connectivity index (χ1v) is 12.6. The van der Waals surface area contributed by atoms with Crippen molar-refractivity contribution >= 4 is 17.8 Å². The zero-order chi connectivity index (χ0) is 27.4. The fourth-order valence-electron chi connectivity index (χ4n) is 5.16. The Bertz CT molecular complexity index is 1170. The second-order valence-corrected chi connectivity index (χ2v) is 9.74. The maximum Gasteiger partial charge on any atom is 0.416 e. The molecule has 8 nitrogen and oxygen atoms in total. The maximum absolute atomic E-state index is 13.4. The SMILES string of the molecule is Cc1cc(CNC(=O)N2CCC(=O)N3[C@@H]2CN(Cc2ccccc2)C(=O)[C@@H]3CCCN)cc(C(F)(F)F)c1. The number of urea groups is 1. The van der Waals surface area contributed by atoms with Crippen LogP contribution in [0.15, 0.2) is 48.5 Å². The Hall–Kier alpha value is -3.60. The third-order valence-electron chi connectivity index (χ3n) is 6.92. The third-order valence-corrected chi connectivity index (χ3v) is 6.92. The molecule has 2 aliphatic rings. The molecule has 2 atom stereocenters. The first kappa shape index (κ1) is 27.4. The zero-order valence-corrected chi connectivity index (χ0v) is 21.2. The number of alkyl halides is 3. The summed E-state index contributed by atoms with van der Waals surface area (Å²) in [6, 6.07) is 11.9. The van der Waals surface area contributed by atoms with Gasteiger partial charge in [-0.2, -0.15) is 13.2 Å². The van der Waals surface area contributed by atoms with E-state index in [9.17, 15) is 27.6 Å². The molecule has 0 aromatic heterocycles. The summed E-state index contributed by atoms with van der Waals surface area (Å²) in [5.41, 5.74) is 6.60. The van der Waals surface area contributed by atoms with Gasteiger partial charge in [0.1, 0.15) is 12.2 Å². The molecule has 11 heteroatoms. The van der Waals surface area contributed by atoms with Crippen LogP contribution >= 0.6 is 0 Å². The Morgan fingerprint density at radius 3 is 2.53 bits per heavy atom. The molecule has 0 radical (unpaired) electrons. The first-order valence-electron chi connectivity index (χ1n) is 12.6. The molecule has 2 fully saturated rings. The van der Waals surface area contributed by atoms with Crippen molar-refractivity contribution < 1.29 is 27.6 Å². The molecular weight excluding hydrogens is 499 g/mol. The lowest BCUT2D eigenvalue weighted by Gasteiger charge is -2.52. The number of nitrogens with two attached hydrogens (primary N) is 1. The molecule has 2 saturated heterocycles. The van der Waals surface area contributed by atoms with Crippen molar-refractivity contribution in [2.45, 2.75) is 57.7 Å². The van der Waals surface area contributed by atoms with Gasteiger partial charge in [-0.05, 0) is 49.6 Å². The number of benzene rings is 2. The minimum atomic E-state index is -4.49. The van der Waals surface area contributed by atoms with Crippen LogP contribution < -0.4 is 11.1 Å². The number of aryl methyl sites for hydroxylation is 1. The van der Waals surface area contributed by atoms with E-state index in [-0.39, 0.29) is 37.9 Å². The van der Waals surface area contributed by atoms with Crippen LogP contribution in [0.1, 0.15) is 41.5 Å². The van der Waals surface area contributed by atoms with Crippen molar-refractivity contribution in [1.29, 1.82) is 0 Å². The molecule has 0 unspecified atom stereocenters. The molecule has 2 aliphatic heterocycles. The lowest BCUT2D eigenvalue weighted by Crippen LogP contribution is -2.71. The summed E-state index contributed by atoms with van der Waals surface area (Å²) in [4.78, 5) is 44.4. The van der Waals surface area contributed by atoms with E-state index < -0.39 is 30.0 Å². The van der Waals surface area contributed by atoms with E-state index in [1.807, 2.05) is 30.3 Å². The van der Waals surface area contributed by atoms with Crippen LogP contribution in [0.4, 0.5) is 18.0 Å². The Labute approximate surface area is 219 Å². The van der Waals surface area contributed by atoms with Crippen LogP contribution in [0, 0.1) is 6.92 Å². The highest BCUT2D eigenvalue weighted by atomic mass is 19.4. The lowest BCUT2D eigenvalue weighted by atomic mass is 9.99. The van der Waals surface area contributed by atoms with Crippen molar-refractivity contribution in [1.82, 2.24) is 20.0 Å². The molecule has 0 saturated carbocycles. The average Bonchev–Trinajstić information content (AvgIpc) is 2.87. The smallest absolute Gasteiger partial charge is 0.334 e. The number of hydrogen-bond acceptors (Lipinski definition) is 4. The number of rotatable bonds is 7.